The van der Waals surface area contributed by atoms with Crippen molar-refractivity contribution in [2.75, 3.05) is 26.2 Å². The summed E-state index contributed by atoms with van der Waals surface area (Å²) in [5.41, 5.74) is 5.61. The van der Waals surface area contributed by atoms with Crippen LogP contribution in [0.2, 0.25) is 0 Å². The molecule has 2 unspecified atom stereocenters. The number of oxime groups is 1. The van der Waals surface area contributed by atoms with Gasteiger partial charge in [0.25, 0.3) is 0 Å². The lowest BCUT2D eigenvalue weighted by molar-refractivity contribution is 0.0591. The quantitative estimate of drug-likeness (QED) is 0.326. The van der Waals surface area contributed by atoms with Gasteiger partial charge in [0.15, 0.2) is 0 Å². The second-order valence-corrected chi connectivity index (χ2v) is 4.83. The fourth-order valence-electron chi connectivity index (χ4n) is 2.64. The molecule has 5 heteroatoms. The van der Waals surface area contributed by atoms with Crippen LogP contribution in [0, 0.1) is 0 Å². The van der Waals surface area contributed by atoms with E-state index in [2.05, 4.69) is 35.7 Å². The van der Waals surface area contributed by atoms with Crippen molar-refractivity contribution in [3.63, 3.8) is 0 Å². The van der Waals surface area contributed by atoms with Gasteiger partial charge in [0.1, 0.15) is 5.84 Å². The Morgan fingerprint density at radius 2 is 2.18 bits per heavy atom. The van der Waals surface area contributed by atoms with Crippen molar-refractivity contribution >= 4 is 5.84 Å². The molecule has 100 valence electrons. The number of hydrogen-bond acceptors (Lipinski definition) is 4. The van der Waals surface area contributed by atoms with Gasteiger partial charge >= 0.3 is 0 Å². The third-order valence-electron chi connectivity index (χ3n) is 3.76. The van der Waals surface area contributed by atoms with Crippen LogP contribution < -0.4 is 5.73 Å². The number of nitrogens with two attached hydrogens (primary N) is 1. The topological polar surface area (TPSA) is 65.1 Å². The molecule has 1 heterocycles. The fourth-order valence-corrected chi connectivity index (χ4v) is 2.64. The van der Waals surface area contributed by atoms with Gasteiger partial charge in [-0.15, -0.1) is 0 Å². The monoisotopic (exact) mass is 242 g/mol. The average molecular weight is 242 g/mol. The molecule has 0 bridgehead atoms. The van der Waals surface area contributed by atoms with E-state index >= 15 is 0 Å². The Balaban J connectivity index is 2.54. The zero-order valence-corrected chi connectivity index (χ0v) is 11.3. The molecule has 0 radical (unpaired) electrons. The molecule has 0 amide bonds. The van der Waals surface area contributed by atoms with Crippen molar-refractivity contribution in [1.82, 2.24) is 9.80 Å². The van der Waals surface area contributed by atoms with E-state index in [0.717, 1.165) is 32.6 Å². The minimum Gasteiger partial charge on any atom is -0.409 e. The summed E-state index contributed by atoms with van der Waals surface area (Å²) in [5, 5.41) is 11.7. The molecule has 2 atom stereocenters. The molecule has 0 aromatic rings. The molecule has 1 saturated heterocycles. The summed E-state index contributed by atoms with van der Waals surface area (Å²) in [5.74, 6) is 0.336. The number of likely N-dealkylation sites (N-methyl/N-ethyl adjacent to an activating group) is 1. The van der Waals surface area contributed by atoms with Crippen LogP contribution in [0.3, 0.4) is 0 Å². The summed E-state index contributed by atoms with van der Waals surface area (Å²) in [6.07, 6.45) is 1.70. The number of hydrogen-bond donors (Lipinski definition) is 2. The van der Waals surface area contributed by atoms with Crippen LogP contribution in [-0.4, -0.2) is 59.1 Å². The maximum absolute atomic E-state index is 8.65. The Labute approximate surface area is 104 Å². The van der Waals surface area contributed by atoms with E-state index in [4.69, 9.17) is 10.9 Å². The van der Waals surface area contributed by atoms with Gasteiger partial charge in [0.2, 0.25) is 0 Å². The summed E-state index contributed by atoms with van der Waals surface area (Å²) >= 11 is 0. The van der Waals surface area contributed by atoms with Gasteiger partial charge in [-0.05, 0) is 19.9 Å². The van der Waals surface area contributed by atoms with E-state index in [0.29, 0.717) is 24.3 Å². The van der Waals surface area contributed by atoms with Crippen LogP contribution in [0.1, 0.15) is 33.6 Å². The molecule has 1 fully saturated rings. The van der Waals surface area contributed by atoms with Gasteiger partial charge in [-0.2, -0.15) is 0 Å². The van der Waals surface area contributed by atoms with Gasteiger partial charge in [0, 0.05) is 38.1 Å². The third-order valence-corrected chi connectivity index (χ3v) is 3.76. The normalized spacial score (nSPS) is 26.1. The first kappa shape index (κ1) is 14.3. The first-order valence-corrected chi connectivity index (χ1v) is 6.56. The first-order valence-electron chi connectivity index (χ1n) is 6.56. The molecule has 1 aliphatic rings. The molecular formula is C12H26N4O. The highest BCUT2D eigenvalue weighted by molar-refractivity contribution is 5.80. The largest absolute Gasteiger partial charge is 0.409 e. The second kappa shape index (κ2) is 6.81. The summed E-state index contributed by atoms with van der Waals surface area (Å²) in [7, 11) is 0. The Bertz CT molecular complexity index is 257. The molecule has 0 spiro atoms. The fraction of sp³-hybridized carbons (Fsp3) is 0.917. The maximum Gasteiger partial charge on any atom is 0.140 e. The van der Waals surface area contributed by atoms with E-state index in [-0.39, 0.29) is 0 Å². The molecule has 17 heavy (non-hydrogen) atoms. The molecule has 1 aliphatic heterocycles. The number of nitrogens with zero attached hydrogens (tertiary/aromatic N) is 3. The highest BCUT2D eigenvalue weighted by atomic mass is 16.4. The number of amidine groups is 1. The van der Waals surface area contributed by atoms with Crippen LogP contribution in [0.15, 0.2) is 5.16 Å². The van der Waals surface area contributed by atoms with E-state index in [1.807, 2.05) is 0 Å². The van der Waals surface area contributed by atoms with Gasteiger partial charge in [0.05, 0.1) is 0 Å². The molecular weight excluding hydrogens is 216 g/mol. The van der Waals surface area contributed by atoms with E-state index in [9.17, 15) is 0 Å². The van der Waals surface area contributed by atoms with Crippen molar-refractivity contribution in [1.29, 1.82) is 0 Å². The van der Waals surface area contributed by atoms with E-state index in [1.165, 1.54) is 0 Å². The molecule has 0 aromatic heterocycles. The van der Waals surface area contributed by atoms with Gasteiger partial charge in [-0.25, -0.2) is 0 Å². The first-order chi connectivity index (χ1) is 8.12. The zero-order valence-electron chi connectivity index (χ0n) is 11.3. The predicted octanol–water partition coefficient (Wildman–Crippen LogP) is 0.928. The molecule has 5 nitrogen and oxygen atoms in total. The smallest absolute Gasteiger partial charge is 0.140 e. The maximum atomic E-state index is 8.65. The summed E-state index contributed by atoms with van der Waals surface area (Å²) in [4.78, 5) is 4.96. The average Bonchev–Trinajstić information content (AvgIpc) is 2.35. The van der Waals surface area contributed by atoms with Crippen LogP contribution in [0.25, 0.3) is 0 Å². The van der Waals surface area contributed by atoms with E-state index < -0.39 is 0 Å². The number of rotatable bonds is 5. The van der Waals surface area contributed by atoms with E-state index in [1.54, 1.807) is 0 Å². The SMILES string of the molecule is CCC(CC(N)=NO)N1CCN(CC)C(C)C1. The van der Waals surface area contributed by atoms with Crippen LogP contribution >= 0.6 is 0 Å². The van der Waals surface area contributed by atoms with Crippen molar-refractivity contribution in [2.45, 2.75) is 45.7 Å². The van der Waals surface area contributed by atoms with Crippen molar-refractivity contribution in [2.24, 2.45) is 10.9 Å². The Morgan fingerprint density at radius 3 is 2.65 bits per heavy atom. The summed E-state index contributed by atoms with van der Waals surface area (Å²) in [6, 6.07) is 0.988. The zero-order chi connectivity index (χ0) is 12.8. The Hall–Kier alpha value is -0.810. The highest BCUT2D eigenvalue weighted by Gasteiger charge is 2.27. The molecule has 0 aromatic carbocycles. The molecule has 0 saturated carbocycles. The lowest BCUT2D eigenvalue weighted by atomic mass is 10.1. The van der Waals surface area contributed by atoms with Crippen molar-refractivity contribution < 1.29 is 5.21 Å². The Morgan fingerprint density at radius 1 is 1.47 bits per heavy atom. The highest BCUT2D eigenvalue weighted by Crippen LogP contribution is 2.16. The van der Waals surface area contributed by atoms with Gasteiger partial charge < -0.3 is 10.9 Å². The predicted molar refractivity (Wildman–Crippen MR) is 70.4 cm³/mol. The summed E-state index contributed by atoms with van der Waals surface area (Å²) in [6.45, 7) is 11.0. The van der Waals surface area contributed by atoms with Crippen LogP contribution in [0.4, 0.5) is 0 Å². The second-order valence-electron chi connectivity index (χ2n) is 4.83. The van der Waals surface area contributed by atoms with Crippen LogP contribution in [-0.2, 0) is 0 Å². The minimum atomic E-state index is 0.336. The minimum absolute atomic E-state index is 0.336. The molecule has 1 rings (SSSR count). The lowest BCUT2D eigenvalue weighted by Gasteiger charge is -2.42. The summed E-state index contributed by atoms with van der Waals surface area (Å²) < 4.78 is 0. The standard InChI is InChI=1S/C12H26N4O/c1-4-11(8-12(13)14-17)16-7-6-15(5-2)10(3)9-16/h10-11,17H,4-9H2,1-3H3,(H2,13,14). The van der Waals surface area contributed by atoms with Crippen LogP contribution in [0.5, 0.6) is 0 Å². The third kappa shape index (κ3) is 3.85. The van der Waals surface area contributed by atoms with Crippen molar-refractivity contribution in [3.8, 4) is 0 Å². The molecule has 0 aliphatic carbocycles. The number of piperazine rings is 1. The molecule has 3 N–H and O–H groups in total. The van der Waals surface area contributed by atoms with Gasteiger partial charge in [-0.1, -0.05) is 19.0 Å². The van der Waals surface area contributed by atoms with Crippen molar-refractivity contribution in [3.05, 3.63) is 0 Å². The van der Waals surface area contributed by atoms with Gasteiger partial charge in [-0.3, -0.25) is 9.80 Å². The lowest BCUT2D eigenvalue weighted by Crippen LogP contribution is -2.55. The Kier molecular flexibility index (Phi) is 5.71.